The van der Waals surface area contributed by atoms with Crippen LogP contribution >= 0.6 is 11.3 Å². The van der Waals surface area contributed by atoms with Crippen LogP contribution in [0.5, 0.6) is 0 Å². The van der Waals surface area contributed by atoms with Gasteiger partial charge in [0.15, 0.2) is 0 Å². The maximum atomic E-state index is 12.3. The Balaban J connectivity index is 1.39. The van der Waals surface area contributed by atoms with Gasteiger partial charge in [-0.25, -0.2) is 4.79 Å². The largest absolute Gasteiger partial charge is 0.465 e. The lowest BCUT2D eigenvalue weighted by Crippen LogP contribution is -2.50. The van der Waals surface area contributed by atoms with Crippen molar-refractivity contribution in [2.24, 2.45) is 0 Å². The molecule has 2 amide bonds. The second kappa shape index (κ2) is 9.48. The van der Waals surface area contributed by atoms with E-state index in [1.807, 2.05) is 21.7 Å². The second-order valence-corrected chi connectivity index (χ2v) is 7.25. The van der Waals surface area contributed by atoms with Crippen LogP contribution in [0.25, 0.3) is 0 Å². The third-order valence-corrected chi connectivity index (χ3v) is 5.39. The van der Waals surface area contributed by atoms with Gasteiger partial charge in [0, 0.05) is 50.2 Å². The number of nitrogens with zero attached hydrogens (tertiary/aromatic N) is 2. The lowest BCUT2D eigenvalue weighted by atomic mass is 10.1. The van der Waals surface area contributed by atoms with Crippen LogP contribution in [0.3, 0.4) is 0 Å². The average molecular weight is 401 g/mol. The van der Waals surface area contributed by atoms with E-state index in [4.69, 9.17) is 0 Å². The van der Waals surface area contributed by atoms with E-state index in [2.05, 4.69) is 15.0 Å². The molecule has 0 bridgehead atoms. The first-order valence-corrected chi connectivity index (χ1v) is 10.0. The van der Waals surface area contributed by atoms with E-state index in [0.717, 1.165) is 25.2 Å². The number of hydrogen-bond donors (Lipinski definition) is 1. The maximum Gasteiger partial charge on any atom is 0.337 e. The molecule has 1 aliphatic heterocycles. The number of benzene rings is 1. The molecule has 0 saturated carbocycles. The van der Waals surface area contributed by atoms with E-state index in [9.17, 15) is 14.4 Å². The molecule has 7 nitrogen and oxygen atoms in total. The van der Waals surface area contributed by atoms with Gasteiger partial charge in [0.25, 0.3) is 11.8 Å². The summed E-state index contributed by atoms with van der Waals surface area (Å²) in [7, 11) is 1.32. The molecule has 1 N–H and O–H groups in total. The number of hydrogen-bond acceptors (Lipinski definition) is 6. The number of esters is 1. The Morgan fingerprint density at radius 3 is 2.29 bits per heavy atom. The molecule has 3 rings (SSSR count). The van der Waals surface area contributed by atoms with Crippen LogP contribution in [0, 0.1) is 0 Å². The van der Waals surface area contributed by atoms with E-state index < -0.39 is 5.97 Å². The fourth-order valence-corrected chi connectivity index (χ4v) is 3.68. The molecule has 1 fully saturated rings. The first-order chi connectivity index (χ1) is 13.6. The Labute approximate surface area is 167 Å². The van der Waals surface area contributed by atoms with Gasteiger partial charge < -0.3 is 15.0 Å². The van der Waals surface area contributed by atoms with Gasteiger partial charge in [-0.1, -0.05) is 0 Å². The van der Waals surface area contributed by atoms with Crippen molar-refractivity contribution in [2.45, 2.75) is 0 Å². The third-order valence-electron chi connectivity index (χ3n) is 4.71. The highest BCUT2D eigenvalue weighted by Gasteiger charge is 2.22. The van der Waals surface area contributed by atoms with Gasteiger partial charge in [0.2, 0.25) is 0 Å². The molecule has 1 aromatic carbocycles. The fraction of sp³-hybridized carbons (Fsp3) is 0.350. The SMILES string of the molecule is COC(=O)c1ccc(C(=O)NCCN2CCN(C(=O)c3ccsc3)CC2)cc1. The topological polar surface area (TPSA) is 79.0 Å². The average Bonchev–Trinajstić information content (AvgIpc) is 3.28. The summed E-state index contributed by atoms with van der Waals surface area (Å²) < 4.78 is 4.64. The van der Waals surface area contributed by atoms with Crippen LogP contribution in [0.1, 0.15) is 31.1 Å². The number of rotatable bonds is 6. The summed E-state index contributed by atoms with van der Waals surface area (Å²) in [6.45, 7) is 4.22. The standard InChI is InChI=1S/C20H23N3O4S/c1-27-20(26)16-4-2-15(3-5-16)18(24)21-7-8-22-9-11-23(12-10-22)19(25)17-6-13-28-14-17/h2-6,13-14H,7-12H2,1H3,(H,21,24). The number of carbonyl (C=O) groups excluding carboxylic acids is 3. The van der Waals surface area contributed by atoms with Crippen molar-refractivity contribution in [1.82, 2.24) is 15.1 Å². The third kappa shape index (κ3) is 4.96. The minimum atomic E-state index is -0.427. The number of nitrogens with one attached hydrogen (secondary N) is 1. The molecule has 0 atom stereocenters. The van der Waals surface area contributed by atoms with Crippen LogP contribution in [0.15, 0.2) is 41.1 Å². The molecule has 148 valence electrons. The summed E-state index contributed by atoms with van der Waals surface area (Å²) in [5.74, 6) is -0.518. The number of thiophene rings is 1. The molecule has 2 aromatic rings. The minimum Gasteiger partial charge on any atom is -0.465 e. The summed E-state index contributed by atoms with van der Waals surface area (Å²) in [5.41, 5.74) is 1.66. The highest BCUT2D eigenvalue weighted by atomic mass is 32.1. The van der Waals surface area contributed by atoms with Gasteiger partial charge in [-0.3, -0.25) is 14.5 Å². The van der Waals surface area contributed by atoms with Gasteiger partial charge in [-0.2, -0.15) is 11.3 Å². The molecule has 1 aliphatic rings. The van der Waals surface area contributed by atoms with Crippen molar-refractivity contribution in [3.05, 3.63) is 57.8 Å². The summed E-state index contributed by atoms with van der Waals surface area (Å²) in [5, 5.41) is 6.68. The highest BCUT2D eigenvalue weighted by molar-refractivity contribution is 7.08. The summed E-state index contributed by atoms with van der Waals surface area (Å²) >= 11 is 1.53. The van der Waals surface area contributed by atoms with Crippen molar-refractivity contribution < 1.29 is 19.1 Å². The van der Waals surface area contributed by atoms with Crippen LogP contribution in [-0.4, -0.2) is 74.0 Å². The van der Waals surface area contributed by atoms with E-state index in [1.165, 1.54) is 18.4 Å². The van der Waals surface area contributed by atoms with Crippen LogP contribution in [-0.2, 0) is 4.74 Å². The molecule has 1 aromatic heterocycles. The normalized spacial score (nSPS) is 14.5. The monoisotopic (exact) mass is 401 g/mol. The van der Waals surface area contributed by atoms with Gasteiger partial charge in [-0.15, -0.1) is 0 Å². The van der Waals surface area contributed by atoms with E-state index in [0.29, 0.717) is 30.8 Å². The molecule has 2 heterocycles. The minimum absolute atomic E-state index is 0.0876. The number of carbonyl (C=O) groups is 3. The van der Waals surface area contributed by atoms with Crippen molar-refractivity contribution in [3.8, 4) is 0 Å². The fourth-order valence-electron chi connectivity index (χ4n) is 3.05. The Bertz CT molecular complexity index is 812. The van der Waals surface area contributed by atoms with Crippen molar-refractivity contribution >= 4 is 29.1 Å². The van der Waals surface area contributed by atoms with Crippen LogP contribution in [0.2, 0.25) is 0 Å². The van der Waals surface area contributed by atoms with Gasteiger partial charge in [0.05, 0.1) is 18.2 Å². The molecule has 0 unspecified atom stereocenters. The zero-order chi connectivity index (χ0) is 19.9. The number of methoxy groups -OCH3 is 1. The smallest absolute Gasteiger partial charge is 0.337 e. The van der Waals surface area contributed by atoms with Gasteiger partial charge in [-0.05, 0) is 35.7 Å². The van der Waals surface area contributed by atoms with E-state index in [-0.39, 0.29) is 11.8 Å². The number of piperazine rings is 1. The highest BCUT2D eigenvalue weighted by Crippen LogP contribution is 2.12. The molecular formula is C20H23N3O4S. The predicted molar refractivity (Wildman–Crippen MR) is 107 cm³/mol. The van der Waals surface area contributed by atoms with Crippen molar-refractivity contribution in [3.63, 3.8) is 0 Å². The van der Waals surface area contributed by atoms with Crippen molar-refractivity contribution in [2.75, 3.05) is 46.4 Å². The summed E-state index contributed by atoms with van der Waals surface area (Å²) in [6, 6.07) is 8.22. The molecule has 1 saturated heterocycles. The number of ether oxygens (including phenoxy) is 1. The zero-order valence-corrected chi connectivity index (χ0v) is 16.5. The Morgan fingerprint density at radius 1 is 1.00 bits per heavy atom. The lowest BCUT2D eigenvalue weighted by molar-refractivity contribution is 0.0598. The van der Waals surface area contributed by atoms with E-state index in [1.54, 1.807) is 24.3 Å². The zero-order valence-electron chi connectivity index (χ0n) is 15.7. The molecule has 0 aliphatic carbocycles. The quantitative estimate of drug-likeness (QED) is 0.746. The second-order valence-electron chi connectivity index (χ2n) is 6.47. The maximum absolute atomic E-state index is 12.3. The lowest BCUT2D eigenvalue weighted by Gasteiger charge is -2.34. The Kier molecular flexibility index (Phi) is 6.78. The molecule has 8 heteroatoms. The van der Waals surface area contributed by atoms with Gasteiger partial charge in [0.1, 0.15) is 0 Å². The Morgan fingerprint density at radius 2 is 1.68 bits per heavy atom. The molecule has 28 heavy (non-hydrogen) atoms. The first-order valence-electron chi connectivity index (χ1n) is 9.09. The molecule has 0 radical (unpaired) electrons. The van der Waals surface area contributed by atoms with E-state index >= 15 is 0 Å². The van der Waals surface area contributed by atoms with Crippen molar-refractivity contribution in [1.29, 1.82) is 0 Å². The van der Waals surface area contributed by atoms with Crippen LogP contribution < -0.4 is 5.32 Å². The Hall–Kier alpha value is -2.71. The molecule has 0 spiro atoms. The van der Waals surface area contributed by atoms with Gasteiger partial charge >= 0.3 is 5.97 Å². The molecular weight excluding hydrogens is 378 g/mol. The van der Waals surface area contributed by atoms with Crippen LogP contribution in [0.4, 0.5) is 0 Å². The first kappa shape index (κ1) is 20.0. The predicted octanol–water partition coefficient (Wildman–Crippen LogP) is 1.72. The summed E-state index contributed by atoms with van der Waals surface area (Å²) in [4.78, 5) is 40.1. The number of amides is 2. The summed E-state index contributed by atoms with van der Waals surface area (Å²) in [6.07, 6.45) is 0.